The molecule has 0 saturated carbocycles. The largest absolute Gasteiger partial charge is 0.342 e. The van der Waals surface area contributed by atoms with Crippen LogP contribution in [0.5, 0.6) is 0 Å². The van der Waals surface area contributed by atoms with E-state index in [1.54, 1.807) is 6.20 Å². The number of rotatable bonds is 3. The Hall–Kier alpha value is -1.14. The Bertz CT molecular complexity index is 393. The summed E-state index contributed by atoms with van der Waals surface area (Å²) in [6.07, 6.45) is 1.69. The fourth-order valence-corrected chi connectivity index (χ4v) is 2.21. The monoisotopic (exact) mass is 226 g/mol. The van der Waals surface area contributed by atoms with Gasteiger partial charge in [-0.25, -0.2) is 4.98 Å². The molecule has 0 aromatic carbocycles. The summed E-state index contributed by atoms with van der Waals surface area (Å²) in [5, 5.41) is 4.24. The summed E-state index contributed by atoms with van der Waals surface area (Å²) >= 11 is 1.44. The van der Waals surface area contributed by atoms with Gasteiger partial charge in [0.1, 0.15) is 0 Å². The van der Waals surface area contributed by atoms with E-state index in [0.717, 1.165) is 9.88 Å². The van der Waals surface area contributed by atoms with Crippen molar-refractivity contribution in [2.75, 3.05) is 13.2 Å². The van der Waals surface area contributed by atoms with Gasteiger partial charge in [-0.15, -0.1) is 11.3 Å². The van der Waals surface area contributed by atoms with Crippen LogP contribution in [0.3, 0.4) is 0 Å². The van der Waals surface area contributed by atoms with E-state index in [4.69, 9.17) is 15.0 Å². The highest BCUT2D eigenvalue weighted by Gasteiger charge is 2.36. The zero-order valence-corrected chi connectivity index (χ0v) is 9.03. The summed E-state index contributed by atoms with van der Waals surface area (Å²) < 4.78 is 10.9. The van der Waals surface area contributed by atoms with Crippen LogP contribution in [0, 0.1) is 0 Å². The van der Waals surface area contributed by atoms with Crippen LogP contribution >= 0.6 is 11.3 Å². The van der Waals surface area contributed by atoms with E-state index < -0.39 is 5.79 Å². The smallest absolute Gasteiger partial charge is 0.219 e. The van der Waals surface area contributed by atoms with Gasteiger partial charge in [0, 0.05) is 16.0 Å². The first kappa shape index (κ1) is 10.4. The number of azide groups is 1. The van der Waals surface area contributed by atoms with E-state index in [0.29, 0.717) is 19.8 Å². The van der Waals surface area contributed by atoms with Gasteiger partial charge in [-0.05, 0) is 12.5 Å². The van der Waals surface area contributed by atoms with Crippen molar-refractivity contribution >= 4 is 11.3 Å². The lowest BCUT2D eigenvalue weighted by Crippen LogP contribution is -2.21. The Labute approximate surface area is 90.5 Å². The predicted octanol–water partition coefficient (Wildman–Crippen LogP) is 2.17. The van der Waals surface area contributed by atoms with Gasteiger partial charge < -0.3 is 9.47 Å². The van der Waals surface area contributed by atoms with Crippen molar-refractivity contribution in [1.82, 2.24) is 4.98 Å². The fraction of sp³-hybridized carbons (Fsp3) is 0.625. The molecule has 80 valence electrons. The highest BCUT2D eigenvalue weighted by molar-refractivity contribution is 7.11. The van der Waals surface area contributed by atoms with Gasteiger partial charge in [-0.2, -0.15) is 0 Å². The van der Waals surface area contributed by atoms with Crippen molar-refractivity contribution in [3.63, 3.8) is 0 Å². The van der Waals surface area contributed by atoms with Crippen molar-refractivity contribution in [2.45, 2.75) is 19.3 Å². The number of thiazole rings is 1. The summed E-state index contributed by atoms with van der Waals surface area (Å²) in [6, 6.07) is 0. The lowest BCUT2D eigenvalue weighted by molar-refractivity contribution is -0.149. The number of ether oxygens (including phenoxy) is 2. The van der Waals surface area contributed by atoms with Crippen molar-refractivity contribution < 1.29 is 9.47 Å². The molecule has 2 rings (SSSR count). The summed E-state index contributed by atoms with van der Waals surface area (Å²) in [4.78, 5) is 7.81. The van der Waals surface area contributed by atoms with E-state index in [-0.39, 0.29) is 0 Å². The Kier molecular flexibility index (Phi) is 2.88. The van der Waals surface area contributed by atoms with Gasteiger partial charge in [0.15, 0.2) is 5.01 Å². The minimum absolute atomic E-state index is 0.324. The summed E-state index contributed by atoms with van der Waals surface area (Å²) in [7, 11) is 0. The first-order valence-electron chi connectivity index (χ1n) is 4.48. The molecule has 1 saturated heterocycles. The number of hydrogen-bond donors (Lipinski definition) is 0. The van der Waals surface area contributed by atoms with Crippen LogP contribution in [0.2, 0.25) is 0 Å². The number of hydrogen-bond acceptors (Lipinski definition) is 5. The molecule has 0 atom stereocenters. The van der Waals surface area contributed by atoms with Gasteiger partial charge in [-0.1, -0.05) is 5.11 Å². The standard InChI is InChI=1S/C8H10N4O2S/c1-8(13-2-3-14-8)7-10-4-6(15-7)5-11-12-9/h4H,2-3,5H2,1H3. The van der Waals surface area contributed by atoms with Crippen molar-refractivity contribution in [3.8, 4) is 0 Å². The first-order valence-corrected chi connectivity index (χ1v) is 5.30. The van der Waals surface area contributed by atoms with Gasteiger partial charge in [0.2, 0.25) is 5.79 Å². The molecular weight excluding hydrogens is 216 g/mol. The number of nitrogens with zero attached hydrogens (tertiary/aromatic N) is 4. The molecular formula is C8H10N4O2S. The van der Waals surface area contributed by atoms with Crippen LogP contribution in [-0.2, 0) is 21.8 Å². The molecule has 7 heteroatoms. The van der Waals surface area contributed by atoms with Gasteiger partial charge in [0.05, 0.1) is 19.8 Å². The molecule has 2 heterocycles. The molecule has 1 aliphatic rings. The molecule has 0 spiro atoms. The van der Waals surface area contributed by atoms with E-state index in [1.807, 2.05) is 6.92 Å². The molecule has 1 aromatic rings. The molecule has 15 heavy (non-hydrogen) atoms. The Morgan fingerprint density at radius 1 is 1.67 bits per heavy atom. The summed E-state index contributed by atoms with van der Waals surface area (Å²) in [5.74, 6) is -0.723. The second-order valence-corrected chi connectivity index (χ2v) is 4.28. The maximum absolute atomic E-state index is 8.19. The molecule has 0 bridgehead atoms. The van der Waals surface area contributed by atoms with Gasteiger partial charge in [0.25, 0.3) is 0 Å². The highest BCUT2D eigenvalue weighted by atomic mass is 32.1. The lowest BCUT2D eigenvalue weighted by Gasteiger charge is -2.18. The predicted molar refractivity (Wildman–Crippen MR) is 54.2 cm³/mol. The minimum atomic E-state index is -0.723. The average Bonchev–Trinajstić information content (AvgIpc) is 2.84. The second kappa shape index (κ2) is 4.16. The van der Waals surface area contributed by atoms with Crippen LogP contribution in [0.15, 0.2) is 11.3 Å². The zero-order valence-electron chi connectivity index (χ0n) is 8.21. The topological polar surface area (TPSA) is 80.1 Å². The Morgan fingerprint density at radius 2 is 2.40 bits per heavy atom. The Balaban J connectivity index is 2.15. The number of aromatic nitrogens is 1. The molecule has 0 unspecified atom stereocenters. The second-order valence-electron chi connectivity index (χ2n) is 3.16. The molecule has 6 nitrogen and oxygen atoms in total. The molecule has 1 fully saturated rings. The third-order valence-electron chi connectivity index (χ3n) is 2.07. The van der Waals surface area contributed by atoms with Crippen LogP contribution in [-0.4, -0.2) is 18.2 Å². The highest BCUT2D eigenvalue weighted by Crippen LogP contribution is 2.33. The fourth-order valence-electron chi connectivity index (χ4n) is 1.33. The SMILES string of the molecule is CC1(c2ncc(CN=[N+]=[N-])s2)OCCO1. The maximum atomic E-state index is 8.19. The third kappa shape index (κ3) is 2.10. The third-order valence-corrected chi connectivity index (χ3v) is 3.24. The summed E-state index contributed by atoms with van der Waals surface area (Å²) in [5.41, 5.74) is 8.19. The Morgan fingerprint density at radius 3 is 3.07 bits per heavy atom. The van der Waals surface area contributed by atoms with Crippen molar-refractivity contribution in [3.05, 3.63) is 26.5 Å². The average molecular weight is 226 g/mol. The van der Waals surface area contributed by atoms with Crippen LogP contribution in [0.4, 0.5) is 0 Å². The molecule has 0 radical (unpaired) electrons. The molecule has 1 aliphatic heterocycles. The zero-order chi connectivity index (χ0) is 10.7. The molecule has 0 aliphatic carbocycles. The molecule has 1 aromatic heterocycles. The normalized spacial score (nSPS) is 18.7. The van der Waals surface area contributed by atoms with Crippen LogP contribution in [0.25, 0.3) is 10.4 Å². The van der Waals surface area contributed by atoms with E-state index in [1.165, 1.54) is 11.3 Å². The minimum Gasteiger partial charge on any atom is -0.342 e. The van der Waals surface area contributed by atoms with Crippen LogP contribution < -0.4 is 0 Å². The van der Waals surface area contributed by atoms with Crippen molar-refractivity contribution in [1.29, 1.82) is 0 Å². The van der Waals surface area contributed by atoms with Crippen molar-refractivity contribution in [2.24, 2.45) is 5.11 Å². The molecule has 0 amide bonds. The van der Waals surface area contributed by atoms with Gasteiger partial charge >= 0.3 is 0 Å². The van der Waals surface area contributed by atoms with E-state index in [2.05, 4.69) is 15.0 Å². The first-order chi connectivity index (χ1) is 7.24. The van der Waals surface area contributed by atoms with E-state index >= 15 is 0 Å². The van der Waals surface area contributed by atoms with Gasteiger partial charge in [-0.3, -0.25) is 0 Å². The molecule has 0 N–H and O–H groups in total. The van der Waals surface area contributed by atoms with Crippen LogP contribution in [0.1, 0.15) is 16.8 Å². The lowest BCUT2D eigenvalue weighted by atomic mass is 10.3. The van der Waals surface area contributed by atoms with E-state index in [9.17, 15) is 0 Å². The maximum Gasteiger partial charge on any atom is 0.219 e. The summed E-state index contributed by atoms with van der Waals surface area (Å²) in [6.45, 7) is 3.34. The quantitative estimate of drug-likeness (QED) is 0.450.